The molecule has 628 valence electrons. The normalized spacial score (nSPS) is 14.4. The van der Waals surface area contributed by atoms with Gasteiger partial charge in [-0.25, -0.2) is 62.6 Å². The number of hydrogen-bond donors (Lipinski definition) is 13. The summed E-state index contributed by atoms with van der Waals surface area (Å²) < 4.78 is 202. The number of hydrogen-bond acceptors (Lipinski definition) is 21. The second-order valence-electron chi connectivity index (χ2n) is 26.5. The van der Waals surface area contributed by atoms with Crippen molar-refractivity contribution in [3.8, 4) is 57.1 Å². The van der Waals surface area contributed by atoms with E-state index in [1.165, 1.54) is 81.6 Å². The molecule has 11 rings (SSSR count). The molecule has 13 N–H and O–H groups in total. The number of nitrogens with zero attached hydrogens (tertiary/aromatic N) is 9. The SMILES string of the molecule is CC(C)(Nc1ccnc(-c2c[nH]c(C(=O)O)c2)n1)C(=O)NCC(F)(F)F.CC(C)(Nc1nc(-c2ccc3c(c2)OCCO3)ncc1F)C(=O)NCC(F)(F)F.CC(C)[C@@H](Nc1nc(-c2c[nH]c(C(=O)NC3CC3)c2)ncc1F)C(=O)NCC(F)(F)F.O=C(O)c1cc(-c2ncc(F)c(N3CCC[C@@H]3C(=O)NCC(F)(F)F)n2)c[nH]1.[HH].[HH].[HH].[HH].[HH].[HH].[HH]. The number of halogens is 15. The van der Waals surface area contributed by atoms with Crippen molar-refractivity contribution in [3.63, 3.8) is 0 Å². The van der Waals surface area contributed by atoms with E-state index in [1.54, 1.807) is 53.3 Å². The number of carboxylic acids is 2. The molecule has 3 aliphatic rings. The number of H-pyrrole nitrogens is 3. The van der Waals surface area contributed by atoms with E-state index < -0.39 is 133 Å². The summed E-state index contributed by atoms with van der Waals surface area (Å²) in [5, 5.41) is 35.7. The fourth-order valence-electron chi connectivity index (χ4n) is 10.2. The lowest BCUT2D eigenvalue weighted by molar-refractivity contribution is -0.140. The van der Waals surface area contributed by atoms with Crippen molar-refractivity contribution in [2.24, 2.45) is 5.92 Å². The molecule has 1 saturated heterocycles. The van der Waals surface area contributed by atoms with Gasteiger partial charge in [0.15, 0.2) is 69.7 Å². The standard InChI is InChI=1S/C19H22F4N6O2.C18H18F4N4O3.C16H15F4N5O3.C15H16F3N5O3.7H2/c1-9(2)14(18(31)26-8-19(21,22)23)28-16-12(20)7-25-15(29-16)10-5-13(24-6-10)17(30)27-11-3-4-11;1-17(2,16(27)24-9-18(20,21)22)26-15-11(19)8-23-14(25-15)10-3-4-12-13(7-10)29-6-5-28-12;17-9-6-22-12(8-4-10(15(27)28)21-5-8)24-13(9)25-3-1-2-11(25)14(26)23-7-16(18,19)20;1-14(2,13(26)21-7-15(16,17)18)23-10-3-4-19-11(22-10)8-5-9(12(24)25)20-6-8;;;;;;;/h5-7,9,11,14,24H,3-4,8H2,1-2H3,(H,26,31)(H,27,30)(H,25,28,29);3-4,7-8H,5-6,9H2,1-2H3,(H,24,27)(H,23,25,26);4-6,11,21H,1-3,7H2,(H,23,26)(H,27,28);3-6,20H,7H2,1-2H3,(H,21,26)(H,24,25)(H,19,22,23);7*1H/t14-;;11-;;;;;;;;/m1.1......../s1. The predicted molar refractivity (Wildman–Crippen MR) is 387 cm³/mol. The van der Waals surface area contributed by atoms with Crippen LogP contribution in [0.5, 0.6) is 11.5 Å². The van der Waals surface area contributed by atoms with Crippen LogP contribution in [0.1, 0.15) is 109 Å². The molecule has 2 aliphatic heterocycles. The molecule has 46 heteroatoms. The fourth-order valence-corrected chi connectivity index (χ4v) is 10.2. The van der Waals surface area contributed by atoms with Gasteiger partial charge in [-0.15, -0.1) is 0 Å². The highest BCUT2D eigenvalue weighted by molar-refractivity contribution is 5.94. The molecule has 0 radical (unpaired) electrons. The van der Waals surface area contributed by atoms with Gasteiger partial charge in [-0.3, -0.25) is 24.0 Å². The molecule has 9 heterocycles. The number of alkyl halides is 12. The van der Waals surface area contributed by atoms with E-state index in [-0.39, 0.29) is 104 Å². The molecule has 8 aromatic rings. The van der Waals surface area contributed by atoms with Crippen LogP contribution < -0.4 is 56.9 Å². The summed E-state index contributed by atoms with van der Waals surface area (Å²) in [7, 11) is 0. The number of carbonyl (C=O) groups is 7. The Bertz CT molecular complexity index is 4800. The van der Waals surface area contributed by atoms with Crippen LogP contribution in [0, 0.1) is 23.4 Å². The first kappa shape index (κ1) is 87.0. The maximum absolute atomic E-state index is 14.3. The van der Waals surface area contributed by atoms with Gasteiger partial charge in [-0.05, 0) is 102 Å². The number of benzene rings is 1. The van der Waals surface area contributed by atoms with Crippen LogP contribution in [0.3, 0.4) is 0 Å². The first-order valence-electron chi connectivity index (χ1n) is 33.8. The van der Waals surface area contributed by atoms with Crippen molar-refractivity contribution < 1.29 is 129 Å². The highest BCUT2D eigenvalue weighted by Crippen LogP contribution is 2.35. The number of aromatic nitrogens is 11. The summed E-state index contributed by atoms with van der Waals surface area (Å²) in [5.41, 5.74) is -1.20. The van der Waals surface area contributed by atoms with Crippen molar-refractivity contribution in [3.05, 3.63) is 120 Å². The Kier molecular flexibility index (Phi) is 27.7. The zero-order valence-corrected chi connectivity index (χ0v) is 60.4. The average molecular weight is 1640 g/mol. The van der Waals surface area contributed by atoms with Gasteiger partial charge in [0, 0.05) is 69.6 Å². The lowest BCUT2D eigenvalue weighted by atomic mass is 10.0. The van der Waals surface area contributed by atoms with Gasteiger partial charge in [0.1, 0.15) is 85.5 Å². The minimum absolute atomic E-state index is 0. The summed E-state index contributed by atoms with van der Waals surface area (Å²) in [6.45, 7) is 3.76. The van der Waals surface area contributed by atoms with Crippen LogP contribution >= 0.6 is 0 Å². The number of amides is 5. The summed E-state index contributed by atoms with van der Waals surface area (Å²) in [4.78, 5) is 123. The van der Waals surface area contributed by atoms with E-state index in [2.05, 4.69) is 76.1 Å². The van der Waals surface area contributed by atoms with Crippen LogP contribution in [0.4, 0.5) is 89.1 Å². The van der Waals surface area contributed by atoms with Gasteiger partial charge in [-0.2, -0.15) is 52.7 Å². The molecule has 0 bridgehead atoms. The van der Waals surface area contributed by atoms with Gasteiger partial charge in [0.25, 0.3) is 5.91 Å². The average Bonchev–Trinajstić information content (AvgIpc) is 1.27. The number of carbonyl (C=O) groups excluding carboxylic acids is 5. The minimum atomic E-state index is -4.57. The van der Waals surface area contributed by atoms with E-state index in [0.717, 1.165) is 31.4 Å². The first-order valence-corrected chi connectivity index (χ1v) is 33.8. The zero-order valence-electron chi connectivity index (χ0n) is 60.4. The van der Waals surface area contributed by atoms with Gasteiger partial charge < -0.3 is 82.1 Å². The minimum Gasteiger partial charge on any atom is -0.486 e. The third kappa shape index (κ3) is 25.5. The third-order valence-electron chi connectivity index (χ3n) is 16.0. The maximum Gasteiger partial charge on any atom is 0.405 e. The number of aromatic carboxylic acids is 2. The Morgan fingerprint density at radius 2 is 1.01 bits per heavy atom. The number of anilines is 4. The van der Waals surface area contributed by atoms with E-state index in [0.29, 0.717) is 47.8 Å². The number of nitrogens with one attached hydrogen (secondary N) is 11. The van der Waals surface area contributed by atoms with Crippen LogP contribution in [-0.4, -0.2) is 206 Å². The molecular formula is C68H85F15N20O11. The number of ether oxygens (including phenoxy) is 2. The second-order valence-corrected chi connectivity index (χ2v) is 26.5. The molecular weight excluding hydrogens is 1560 g/mol. The Hall–Kier alpha value is -12.6. The van der Waals surface area contributed by atoms with Gasteiger partial charge in [0.2, 0.25) is 23.6 Å². The third-order valence-corrected chi connectivity index (χ3v) is 16.0. The quantitative estimate of drug-likeness (QED) is 0.0250. The van der Waals surface area contributed by atoms with E-state index >= 15 is 0 Å². The van der Waals surface area contributed by atoms with Crippen LogP contribution in [0.2, 0.25) is 0 Å². The number of carboxylic acid groups (broad SMARTS) is 2. The van der Waals surface area contributed by atoms with Crippen molar-refractivity contribution in [2.75, 3.05) is 66.8 Å². The summed E-state index contributed by atoms with van der Waals surface area (Å²) in [6.07, 6.45) is -7.35. The number of aromatic amines is 3. The van der Waals surface area contributed by atoms with Crippen molar-refractivity contribution in [1.82, 2.24) is 81.4 Å². The molecule has 114 heavy (non-hydrogen) atoms. The lowest BCUT2D eigenvalue weighted by Gasteiger charge is -2.26. The van der Waals surface area contributed by atoms with E-state index in [4.69, 9.17) is 19.7 Å². The van der Waals surface area contributed by atoms with Crippen LogP contribution in [0.15, 0.2) is 85.8 Å². The topological polar surface area (TPSA) is 428 Å². The fraction of sp³-hybridized carbons (Fsp3) is 0.397. The Morgan fingerprint density at radius 1 is 0.544 bits per heavy atom. The Labute approximate surface area is 645 Å². The molecule has 1 saturated carbocycles. The first-order chi connectivity index (χ1) is 53.2. The highest BCUT2D eigenvalue weighted by Gasteiger charge is 2.39. The largest absolute Gasteiger partial charge is 0.486 e. The number of fused-ring (bicyclic) bond motifs is 1. The smallest absolute Gasteiger partial charge is 0.405 e. The summed E-state index contributed by atoms with van der Waals surface area (Å²) in [5.74, 6) is -8.53. The molecule has 7 aromatic heterocycles. The number of rotatable bonds is 24. The van der Waals surface area contributed by atoms with Gasteiger partial charge >= 0.3 is 36.6 Å². The maximum atomic E-state index is 14.3. The Morgan fingerprint density at radius 3 is 1.54 bits per heavy atom. The highest BCUT2D eigenvalue weighted by atomic mass is 19.4. The molecule has 5 amide bonds. The van der Waals surface area contributed by atoms with Crippen molar-refractivity contribution in [1.29, 1.82) is 0 Å². The predicted octanol–water partition coefficient (Wildman–Crippen LogP) is 11.3. The molecule has 31 nitrogen and oxygen atoms in total. The van der Waals surface area contributed by atoms with E-state index in [9.17, 15) is 99.4 Å². The summed E-state index contributed by atoms with van der Waals surface area (Å²) >= 11 is 0. The summed E-state index contributed by atoms with van der Waals surface area (Å²) in [6, 6.07) is 8.51. The molecule has 1 aliphatic carbocycles. The molecule has 0 spiro atoms. The zero-order chi connectivity index (χ0) is 84.0. The van der Waals surface area contributed by atoms with E-state index in [1.807, 2.05) is 0 Å². The van der Waals surface area contributed by atoms with Crippen LogP contribution in [0.25, 0.3) is 45.6 Å². The lowest BCUT2D eigenvalue weighted by Crippen LogP contribution is -2.50. The monoisotopic (exact) mass is 1640 g/mol. The second kappa shape index (κ2) is 36.3. The molecule has 1 aromatic carbocycles. The van der Waals surface area contributed by atoms with Gasteiger partial charge in [0.05, 0.1) is 18.6 Å². The van der Waals surface area contributed by atoms with Crippen molar-refractivity contribution >= 4 is 64.7 Å². The molecule has 2 fully saturated rings. The molecule has 0 unspecified atom stereocenters. The van der Waals surface area contributed by atoms with Crippen LogP contribution in [-0.2, 0) is 19.2 Å². The Balaban J connectivity index is 0.000000793. The molecule has 2 atom stereocenters. The van der Waals surface area contributed by atoms with Crippen molar-refractivity contribution in [2.45, 2.75) is 121 Å². The van der Waals surface area contributed by atoms with Gasteiger partial charge in [-0.1, -0.05) is 13.8 Å².